The second-order valence-electron chi connectivity index (χ2n) is 20.0. The van der Waals surface area contributed by atoms with Crippen LogP contribution < -0.4 is 23.8 Å². The van der Waals surface area contributed by atoms with Gasteiger partial charge in [-0.3, -0.25) is 9.59 Å². The number of rotatable bonds is 17. The molecule has 6 heterocycles. The van der Waals surface area contributed by atoms with Crippen molar-refractivity contribution in [1.82, 2.24) is 4.90 Å². The van der Waals surface area contributed by atoms with Crippen LogP contribution in [0.15, 0.2) is 111 Å². The Bertz CT molecular complexity index is 2820. The minimum atomic E-state index is -0.373. The summed E-state index contributed by atoms with van der Waals surface area (Å²) in [5, 5.41) is 8.38. The minimum Gasteiger partial charge on any atom is -0.496 e. The zero-order valence-electron chi connectivity index (χ0n) is 42.2. The molecule has 0 fully saturated rings. The number of Topliss-reactive ketones (excluding diaryl/α,β-unsaturated/α-hetero) is 1. The highest BCUT2D eigenvalue weighted by molar-refractivity contribution is 7.08. The van der Waals surface area contributed by atoms with E-state index in [9.17, 15) is 9.59 Å². The van der Waals surface area contributed by atoms with Gasteiger partial charge in [0, 0.05) is 89.2 Å². The second-order valence-corrected chi connectivity index (χ2v) is 21.6. The molecule has 0 spiro atoms. The van der Waals surface area contributed by atoms with Gasteiger partial charge in [-0.25, -0.2) is 0 Å². The van der Waals surface area contributed by atoms with Gasteiger partial charge in [0.25, 0.3) is 5.91 Å². The van der Waals surface area contributed by atoms with E-state index in [1.807, 2.05) is 58.2 Å². The van der Waals surface area contributed by atoms with E-state index in [4.69, 9.17) is 28.4 Å². The lowest BCUT2D eigenvalue weighted by molar-refractivity contribution is -0.129. The number of carbonyl (C=O) groups is 2. The van der Waals surface area contributed by atoms with Gasteiger partial charge in [-0.05, 0) is 116 Å². The Kier molecular flexibility index (Phi) is 15.5. The third kappa shape index (κ3) is 10.9. The summed E-state index contributed by atoms with van der Waals surface area (Å²) in [6, 6.07) is 12.2. The lowest BCUT2D eigenvalue weighted by Gasteiger charge is -2.37. The highest BCUT2D eigenvalue weighted by Crippen LogP contribution is 2.47. The Balaban J connectivity index is 1.01. The van der Waals surface area contributed by atoms with Crippen LogP contribution in [0.2, 0.25) is 0 Å². The van der Waals surface area contributed by atoms with E-state index in [0.29, 0.717) is 55.4 Å². The van der Waals surface area contributed by atoms with Gasteiger partial charge in [0.2, 0.25) is 0 Å². The average molecular weight is 983 g/mol. The van der Waals surface area contributed by atoms with Crippen LogP contribution in [-0.2, 0) is 19.1 Å². The first-order chi connectivity index (χ1) is 33.6. The smallest absolute Gasteiger partial charge is 0.254 e. The van der Waals surface area contributed by atoms with E-state index >= 15 is 0 Å². The number of nitrogens with zero attached hydrogens (tertiary/aromatic N) is 2. The van der Waals surface area contributed by atoms with E-state index in [1.165, 1.54) is 0 Å². The molecule has 12 heteroatoms. The Hall–Kier alpha value is -6.08. The summed E-state index contributed by atoms with van der Waals surface area (Å²) in [5.74, 6) is 3.80. The van der Waals surface area contributed by atoms with E-state index < -0.39 is 0 Å². The van der Waals surface area contributed by atoms with Crippen molar-refractivity contribution in [2.75, 3.05) is 66.2 Å². The first-order valence-corrected chi connectivity index (χ1v) is 25.8. The van der Waals surface area contributed by atoms with Crippen molar-refractivity contribution in [3.63, 3.8) is 0 Å². The molecule has 0 saturated heterocycles. The molecule has 1 atom stereocenters. The maximum Gasteiger partial charge on any atom is 0.254 e. The molecule has 0 N–H and O–H groups in total. The molecule has 0 bridgehead atoms. The zero-order valence-corrected chi connectivity index (χ0v) is 43.9. The first-order valence-electron chi connectivity index (χ1n) is 23.9. The Morgan fingerprint density at radius 3 is 2.29 bits per heavy atom. The molecule has 0 aliphatic carbocycles. The second kappa shape index (κ2) is 21.5. The molecule has 2 aromatic carbocycles. The molecule has 4 aliphatic rings. The van der Waals surface area contributed by atoms with Crippen LogP contribution in [0, 0.1) is 11.3 Å². The van der Waals surface area contributed by atoms with E-state index in [0.717, 1.165) is 85.8 Å². The highest BCUT2D eigenvalue weighted by Gasteiger charge is 2.37. The Morgan fingerprint density at radius 1 is 0.857 bits per heavy atom. The minimum absolute atomic E-state index is 0.0465. The van der Waals surface area contributed by atoms with Gasteiger partial charge in [0.05, 0.1) is 44.4 Å². The van der Waals surface area contributed by atoms with Gasteiger partial charge < -0.3 is 38.2 Å². The van der Waals surface area contributed by atoms with Crippen molar-refractivity contribution in [3.8, 4) is 23.0 Å². The number of fused-ring (bicyclic) bond motifs is 3. The van der Waals surface area contributed by atoms with Gasteiger partial charge in [0.15, 0.2) is 5.78 Å². The normalized spacial score (nSPS) is 17.3. The van der Waals surface area contributed by atoms with Crippen LogP contribution in [0.25, 0.3) is 29.2 Å². The number of amides is 1. The number of thiophene rings is 2. The largest absolute Gasteiger partial charge is 0.496 e. The Morgan fingerprint density at radius 2 is 1.60 bits per heavy atom. The van der Waals surface area contributed by atoms with Crippen LogP contribution in [0.5, 0.6) is 23.0 Å². The zero-order chi connectivity index (χ0) is 49.7. The molecular formula is C58H66N2O8S2. The highest BCUT2D eigenvalue weighted by atomic mass is 32.1. The number of allylic oxidation sites excluding steroid dienone is 4. The molecule has 0 radical (unpaired) electrons. The fourth-order valence-corrected chi connectivity index (χ4v) is 10.9. The average Bonchev–Trinajstić information content (AvgIpc) is 4.09. The molecule has 1 unspecified atom stereocenters. The third-order valence-corrected chi connectivity index (χ3v) is 14.9. The van der Waals surface area contributed by atoms with Crippen molar-refractivity contribution in [3.05, 3.63) is 138 Å². The Labute approximate surface area is 421 Å². The lowest BCUT2D eigenvalue weighted by Crippen LogP contribution is -2.43. The predicted octanol–water partition coefficient (Wildman–Crippen LogP) is 12.9. The topological polar surface area (TPSA) is 96.0 Å². The summed E-state index contributed by atoms with van der Waals surface area (Å²) < 4.78 is 36.4. The number of ether oxygens (including phenoxy) is 6. The SMILES string of the molecule is COC/C=C/c1cc2c(cc1OC)OCC1=C2N(c2ccsc2)CC=C1C(=O)CC(C)(C)CC1CC=C(c2cc3c(cc2OC)OCC(/C(=C\C/C=C\c2ccsc2)C(=O)N(C)C(C)(C)C)=C3C)OC1. The van der Waals surface area contributed by atoms with Gasteiger partial charge in [-0.1, -0.05) is 50.3 Å². The number of hydrogen-bond donors (Lipinski definition) is 0. The van der Waals surface area contributed by atoms with Gasteiger partial charge in [-0.15, -0.1) is 0 Å². The van der Waals surface area contributed by atoms with Crippen molar-refractivity contribution in [2.45, 2.75) is 72.8 Å². The maximum atomic E-state index is 14.6. The molecule has 2 aromatic heterocycles. The molecule has 8 rings (SSSR count). The molecule has 1 amide bonds. The van der Waals surface area contributed by atoms with E-state index in [-0.39, 0.29) is 41.8 Å². The van der Waals surface area contributed by atoms with Gasteiger partial charge in [-0.2, -0.15) is 22.7 Å². The van der Waals surface area contributed by atoms with E-state index in [1.54, 1.807) is 48.9 Å². The van der Waals surface area contributed by atoms with Crippen molar-refractivity contribution in [2.24, 2.45) is 11.3 Å². The monoisotopic (exact) mass is 982 g/mol. The molecular weight excluding hydrogens is 917 g/mol. The standard InChI is InChI=1S/C58H66N2O8S2/c1-37-44-27-45(52(65-10)29-53(44)67-33-47(37)43(56(62)59(7)57(2,3)4)16-12-11-14-38-20-24-69-35-38)50-18-17-39(32-66-50)30-58(5,6)31-49(61)42-19-22-60(41-21-25-70-36-41)55-46-26-40(15-13-23-63-8)51(64-9)28-54(46)68-34-48(42)55/h11,13-16,18-21,24-29,35-36,39H,12,17,22-23,30-34H2,1-10H3/b14-11-,15-13+,43-16+. The quantitative estimate of drug-likeness (QED) is 0.0958. The van der Waals surface area contributed by atoms with Crippen molar-refractivity contribution >= 4 is 69.2 Å². The fraction of sp³-hybridized carbons (Fsp3) is 0.379. The fourth-order valence-electron chi connectivity index (χ4n) is 9.62. The number of likely N-dealkylation sites (N-methyl/N-ethyl adjacent to an activating group) is 1. The third-order valence-electron chi connectivity index (χ3n) is 13.6. The summed E-state index contributed by atoms with van der Waals surface area (Å²) in [4.78, 5) is 32.9. The van der Waals surface area contributed by atoms with Crippen LogP contribution in [0.1, 0.15) is 95.0 Å². The number of methoxy groups -OCH3 is 3. The van der Waals surface area contributed by atoms with Gasteiger partial charge >= 0.3 is 0 Å². The number of anilines is 1. The molecule has 10 nitrogen and oxygen atoms in total. The molecule has 0 saturated carbocycles. The van der Waals surface area contributed by atoms with Crippen molar-refractivity contribution < 1.29 is 38.0 Å². The van der Waals surface area contributed by atoms with Crippen LogP contribution in [0.4, 0.5) is 5.69 Å². The van der Waals surface area contributed by atoms with Crippen molar-refractivity contribution in [1.29, 1.82) is 0 Å². The maximum absolute atomic E-state index is 14.6. The summed E-state index contributed by atoms with van der Waals surface area (Å²) in [6.07, 6.45) is 16.9. The molecule has 368 valence electrons. The lowest BCUT2D eigenvalue weighted by atomic mass is 9.75. The van der Waals surface area contributed by atoms with Crippen LogP contribution in [-0.4, -0.2) is 83.5 Å². The van der Waals surface area contributed by atoms with Crippen LogP contribution in [0.3, 0.4) is 0 Å². The number of ketones is 1. The molecule has 4 aliphatic heterocycles. The first kappa shape index (κ1) is 50.3. The summed E-state index contributed by atoms with van der Waals surface area (Å²) in [6.45, 7) is 14.6. The number of benzene rings is 2. The molecule has 4 aromatic rings. The predicted molar refractivity (Wildman–Crippen MR) is 286 cm³/mol. The van der Waals surface area contributed by atoms with Crippen LogP contribution >= 0.6 is 22.7 Å². The summed E-state index contributed by atoms with van der Waals surface area (Å²) in [5.41, 5.74) is 10.2. The van der Waals surface area contributed by atoms with E-state index in [2.05, 4.69) is 95.8 Å². The van der Waals surface area contributed by atoms with Gasteiger partial charge in [0.1, 0.15) is 42.0 Å². The number of hydrogen-bond acceptors (Lipinski definition) is 11. The molecule has 70 heavy (non-hydrogen) atoms. The number of carbonyl (C=O) groups excluding carboxylic acids is 2. The summed E-state index contributed by atoms with van der Waals surface area (Å²) in [7, 11) is 6.85. The summed E-state index contributed by atoms with van der Waals surface area (Å²) >= 11 is 3.31.